The van der Waals surface area contributed by atoms with Crippen LogP contribution < -0.4 is 0 Å². The molecule has 0 saturated carbocycles. The highest BCUT2D eigenvalue weighted by molar-refractivity contribution is 9.15. The molecule has 1 aromatic carbocycles. The molecule has 0 aliphatic carbocycles. The molecule has 10 heteroatoms. The van der Waals surface area contributed by atoms with Crippen LogP contribution in [0.3, 0.4) is 0 Å². The fourth-order valence-electron chi connectivity index (χ4n) is 2.44. The summed E-state index contributed by atoms with van der Waals surface area (Å²) in [5.41, 5.74) is 1.36. The average molecular weight is 566 g/mol. The lowest BCUT2D eigenvalue weighted by atomic mass is 10.1. The summed E-state index contributed by atoms with van der Waals surface area (Å²) in [6, 6.07) is 0. The van der Waals surface area contributed by atoms with Crippen LogP contribution in [0.15, 0.2) is 24.2 Å². The van der Waals surface area contributed by atoms with Crippen LogP contribution in [0.4, 0.5) is 0 Å². The molecule has 2 unspecified atom stereocenters. The fourth-order valence-corrected chi connectivity index (χ4v) is 4.83. The molecule has 1 fully saturated rings. The van der Waals surface area contributed by atoms with Crippen molar-refractivity contribution in [2.75, 3.05) is 6.61 Å². The van der Waals surface area contributed by atoms with Gasteiger partial charge in [-0.25, -0.2) is 4.98 Å². The number of benzene rings is 1. The highest BCUT2D eigenvalue weighted by Gasteiger charge is 2.44. The molecule has 1 saturated heterocycles. The van der Waals surface area contributed by atoms with E-state index in [2.05, 4.69) is 68.7 Å². The summed E-state index contributed by atoms with van der Waals surface area (Å²) in [7, 11) is 0. The molecular weight excluding hydrogens is 556 g/mol. The second-order valence-electron chi connectivity index (χ2n) is 4.83. The Kier molecular flexibility index (Phi) is 5.02. The normalized spacial score (nSPS) is 28.7. The van der Waals surface area contributed by atoms with Gasteiger partial charge in [0.15, 0.2) is 6.23 Å². The summed E-state index contributed by atoms with van der Waals surface area (Å²) in [6.45, 7) is -0.374. The van der Waals surface area contributed by atoms with Gasteiger partial charge in [-0.1, -0.05) is 0 Å². The number of ether oxygens (including phenoxy) is 1. The van der Waals surface area contributed by atoms with E-state index in [9.17, 15) is 15.3 Å². The van der Waals surface area contributed by atoms with Crippen LogP contribution >= 0.6 is 63.7 Å². The Bertz CT molecular complexity index is 738. The van der Waals surface area contributed by atoms with Crippen LogP contribution in [0.2, 0.25) is 0 Å². The Morgan fingerprint density at radius 1 is 1.05 bits per heavy atom. The third kappa shape index (κ3) is 2.52. The molecule has 4 atom stereocenters. The highest BCUT2D eigenvalue weighted by atomic mass is 79.9. The first-order valence-electron chi connectivity index (χ1n) is 6.19. The maximum absolute atomic E-state index is 10.2. The van der Waals surface area contributed by atoms with Crippen molar-refractivity contribution in [2.45, 2.75) is 24.5 Å². The molecule has 0 bridgehead atoms. The zero-order valence-corrected chi connectivity index (χ0v) is 17.1. The van der Waals surface area contributed by atoms with Crippen LogP contribution in [0.5, 0.6) is 0 Å². The van der Waals surface area contributed by atoms with Gasteiger partial charge < -0.3 is 20.1 Å². The smallest absolute Gasteiger partial charge is 0.164 e. The molecule has 0 radical (unpaired) electrons. The summed E-state index contributed by atoms with van der Waals surface area (Å²) in [4.78, 5) is 4.34. The van der Waals surface area contributed by atoms with Crippen molar-refractivity contribution in [3.05, 3.63) is 24.2 Å². The lowest BCUT2D eigenvalue weighted by Gasteiger charge is -2.18. The Morgan fingerprint density at radius 2 is 1.68 bits per heavy atom. The van der Waals surface area contributed by atoms with Gasteiger partial charge in [0, 0.05) is 8.95 Å². The third-order valence-corrected chi connectivity index (χ3v) is 8.31. The van der Waals surface area contributed by atoms with Gasteiger partial charge in [-0.15, -0.1) is 0 Å². The van der Waals surface area contributed by atoms with Crippen molar-refractivity contribution < 1.29 is 20.1 Å². The molecular formula is C12H10Br4N2O4. The second-order valence-corrected chi connectivity index (χ2v) is 8.01. The van der Waals surface area contributed by atoms with E-state index in [4.69, 9.17) is 4.74 Å². The molecule has 120 valence electrons. The summed E-state index contributed by atoms with van der Waals surface area (Å²) in [5, 5.41) is 29.3. The lowest BCUT2D eigenvalue weighted by Crippen LogP contribution is -2.33. The number of imidazole rings is 1. The van der Waals surface area contributed by atoms with Gasteiger partial charge in [-0.3, -0.25) is 4.57 Å². The SMILES string of the molecule is OCC1OC(n2cnc3c(Br)c(Br)c(Br)c(Br)c32)[C@@H](O)[C@H]1O. The van der Waals surface area contributed by atoms with E-state index < -0.39 is 24.5 Å². The molecule has 0 spiro atoms. The monoisotopic (exact) mass is 562 g/mol. The predicted octanol–water partition coefficient (Wildman–Crippen LogP) is 2.70. The number of nitrogens with zero attached hydrogens (tertiary/aromatic N) is 2. The van der Waals surface area contributed by atoms with Crippen molar-refractivity contribution in [1.29, 1.82) is 0 Å². The number of aromatic nitrogens is 2. The standard InChI is InChI=1S/C12H10Br4N2O4/c13-4-5(14)7(16)9-8(6(4)15)17-2-18(9)12-11(21)10(20)3(1-19)22-12/h2-3,10-12,19-21H,1H2/t3?,10-,11-,12?/m0/s1. The Labute approximate surface area is 159 Å². The van der Waals surface area contributed by atoms with Gasteiger partial charge in [0.25, 0.3) is 0 Å². The summed E-state index contributed by atoms with van der Waals surface area (Å²) in [5.74, 6) is 0. The number of aliphatic hydroxyl groups is 3. The first-order chi connectivity index (χ1) is 10.4. The van der Waals surface area contributed by atoms with E-state index in [-0.39, 0.29) is 6.61 Å². The minimum absolute atomic E-state index is 0.374. The number of aliphatic hydroxyl groups excluding tert-OH is 3. The van der Waals surface area contributed by atoms with Crippen LogP contribution in [0, 0.1) is 0 Å². The number of halogens is 4. The van der Waals surface area contributed by atoms with E-state index in [1.807, 2.05) is 0 Å². The van der Waals surface area contributed by atoms with Gasteiger partial charge >= 0.3 is 0 Å². The maximum atomic E-state index is 10.2. The second kappa shape index (κ2) is 6.40. The third-order valence-electron chi connectivity index (χ3n) is 3.58. The van der Waals surface area contributed by atoms with Crippen molar-refractivity contribution in [1.82, 2.24) is 9.55 Å². The van der Waals surface area contributed by atoms with Crippen LogP contribution in [-0.4, -0.2) is 49.8 Å². The maximum Gasteiger partial charge on any atom is 0.164 e. The number of hydrogen-bond donors (Lipinski definition) is 3. The van der Waals surface area contributed by atoms with Gasteiger partial charge in [0.2, 0.25) is 0 Å². The Hall–Kier alpha value is 0.450. The minimum atomic E-state index is -1.16. The van der Waals surface area contributed by atoms with Crippen molar-refractivity contribution >= 4 is 74.8 Å². The molecule has 3 N–H and O–H groups in total. The molecule has 6 nitrogen and oxygen atoms in total. The quantitative estimate of drug-likeness (QED) is 0.385. The van der Waals surface area contributed by atoms with E-state index in [0.29, 0.717) is 11.0 Å². The van der Waals surface area contributed by atoms with Gasteiger partial charge in [-0.2, -0.15) is 0 Å². The molecule has 2 aromatic rings. The van der Waals surface area contributed by atoms with Gasteiger partial charge in [-0.05, 0) is 63.7 Å². The van der Waals surface area contributed by atoms with Crippen molar-refractivity contribution in [2.24, 2.45) is 0 Å². The molecule has 1 aromatic heterocycles. The molecule has 3 rings (SSSR count). The van der Waals surface area contributed by atoms with Crippen LogP contribution in [-0.2, 0) is 4.74 Å². The average Bonchev–Trinajstić information content (AvgIpc) is 3.06. The lowest BCUT2D eigenvalue weighted by molar-refractivity contribution is -0.0509. The summed E-state index contributed by atoms with van der Waals surface area (Å²) in [6.07, 6.45) is -2.47. The van der Waals surface area contributed by atoms with E-state index in [0.717, 1.165) is 17.9 Å². The molecule has 1 aliphatic heterocycles. The number of rotatable bonds is 2. The van der Waals surface area contributed by atoms with Crippen LogP contribution in [0.1, 0.15) is 6.23 Å². The molecule has 22 heavy (non-hydrogen) atoms. The first-order valence-corrected chi connectivity index (χ1v) is 9.36. The van der Waals surface area contributed by atoms with Crippen molar-refractivity contribution in [3.8, 4) is 0 Å². The molecule has 0 amide bonds. The highest BCUT2D eigenvalue weighted by Crippen LogP contribution is 2.44. The summed E-state index contributed by atoms with van der Waals surface area (Å²) >= 11 is 13.9. The Balaban J connectivity index is 2.17. The zero-order chi connectivity index (χ0) is 16.2. The minimum Gasteiger partial charge on any atom is -0.394 e. The zero-order valence-electron chi connectivity index (χ0n) is 10.8. The fraction of sp³-hybridized carbons (Fsp3) is 0.417. The van der Waals surface area contributed by atoms with Gasteiger partial charge in [0.05, 0.1) is 27.4 Å². The predicted molar refractivity (Wildman–Crippen MR) is 93.5 cm³/mol. The Morgan fingerprint density at radius 3 is 2.27 bits per heavy atom. The molecule has 1 aliphatic rings. The number of hydrogen-bond acceptors (Lipinski definition) is 5. The van der Waals surface area contributed by atoms with E-state index >= 15 is 0 Å². The first kappa shape index (κ1) is 17.3. The molecule has 2 heterocycles. The van der Waals surface area contributed by atoms with E-state index in [1.54, 1.807) is 4.57 Å². The largest absolute Gasteiger partial charge is 0.394 e. The van der Waals surface area contributed by atoms with Crippen LogP contribution in [0.25, 0.3) is 11.0 Å². The topological polar surface area (TPSA) is 87.7 Å². The van der Waals surface area contributed by atoms with Crippen molar-refractivity contribution in [3.63, 3.8) is 0 Å². The van der Waals surface area contributed by atoms with Gasteiger partial charge in [0.1, 0.15) is 23.8 Å². The van der Waals surface area contributed by atoms with E-state index in [1.165, 1.54) is 6.33 Å². The summed E-state index contributed by atoms with van der Waals surface area (Å²) < 4.78 is 10.3. The number of fused-ring (bicyclic) bond motifs is 1.